The number of rotatable bonds is 5. The SMILES string of the molecule is CC(C)[C@@H]1NC(=O)C[C@@H](C(=O)NCC(C)(C)c2ccc(F)cc2)NC(=O)c2ccccc2OCCCNC1=O. The monoisotopic (exact) mass is 540 g/mol. The topological polar surface area (TPSA) is 126 Å². The van der Waals surface area contributed by atoms with Gasteiger partial charge < -0.3 is 26.0 Å². The zero-order valence-corrected chi connectivity index (χ0v) is 22.8. The van der Waals surface area contributed by atoms with Crippen LogP contribution in [0.25, 0.3) is 0 Å². The van der Waals surface area contributed by atoms with Crippen LogP contribution < -0.4 is 26.0 Å². The van der Waals surface area contributed by atoms with Crippen LogP contribution in [0.1, 0.15) is 56.5 Å². The minimum Gasteiger partial charge on any atom is -0.493 e. The maximum Gasteiger partial charge on any atom is 0.255 e. The average Bonchev–Trinajstić information content (AvgIpc) is 2.89. The summed E-state index contributed by atoms with van der Waals surface area (Å²) in [6.45, 7) is 8.16. The number of nitrogens with one attached hydrogen (secondary N) is 4. The van der Waals surface area contributed by atoms with Crippen LogP contribution in [0.5, 0.6) is 5.75 Å². The highest BCUT2D eigenvalue weighted by atomic mass is 19.1. The minimum atomic E-state index is -1.23. The van der Waals surface area contributed by atoms with Crippen LogP contribution in [0, 0.1) is 11.7 Å². The maximum atomic E-state index is 13.4. The number of hydrogen-bond donors (Lipinski definition) is 4. The van der Waals surface area contributed by atoms with Crippen molar-refractivity contribution in [1.29, 1.82) is 0 Å². The minimum absolute atomic E-state index is 0.169. The van der Waals surface area contributed by atoms with Gasteiger partial charge in [-0.05, 0) is 42.2 Å². The lowest BCUT2D eigenvalue weighted by molar-refractivity contribution is -0.131. The molecule has 4 amide bonds. The molecule has 0 fully saturated rings. The Labute approximate surface area is 228 Å². The Kier molecular flexibility index (Phi) is 10.0. The fourth-order valence-corrected chi connectivity index (χ4v) is 4.19. The van der Waals surface area contributed by atoms with Gasteiger partial charge in [0.15, 0.2) is 0 Å². The zero-order valence-electron chi connectivity index (χ0n) is 22.8. The number of ether oxygens (including phenoxy) is 1. The van der Waals surface area contributed by atoms with Gasteiger partial charge in [0.1, 0.15) is 23.7 Å². The third-order valence-corrected chi connectivity index (χ3v) is 6.62. The molecule has 1 aliphatic heterocycles. The quantitative estimate of drug-likeness (QED) is 0.464. The summed E-state index contributed by atoms with van der Waals surface area (Å²) in [6.07, 6.45) is 0.114. The van der Waals surface area contributed by atoms with Gasteiger partial charge in [-0.1, -0.05) is 52.0 Å². The third kappa shape index (κ3) is 8.27. The molecular weight excluding hydrogens is 503 g/mol. The Balaban J connectivity index is 1.84. The Morgan fingerprint density at radius 3 is 2.46 bits per heavy atom. The molecule has 1 heterocycles. The number of benzene rings is 2. The number of hydrogen-bond acceptors (Lipinski definition) is 5. The molecule has 9 nitrogen and oxygen atoms in total. The van der Waals surface area contributed by atoms with Crippen molar-refractivity contribution in [2.75, 3.05) is 19.7 Å². The first-order valence-corrected chi connectivity index (χ1v) is 13.1. The number of carbonyl (C=O) groups excluding carboxylic acids is 4. The maximum absolute atomic E-state index is 13.4. The van der Waals surface area contributed by atoms with Crippen molar-refractivity contribution in [3.8, 4) is 5.75 Å². The van der Waals surface area contributed by atoms with Crippen LogP contribution in [0.15, 0.2) is 48.5 Å². The molecule has 0 unspecified atom stereocenters. The molecule has 4 N–H and O–H groups in total. The van der Waals surface area contributed by atoms with E-state index in [-0.39, 0.29) is 42.8 Å². The van der Waals surface area contributed by atoms with Crippen molar-refractivity contribution < 1.29 is 28.3 Å². The summed E-state index contributed by atoms with van der Waals surface area (Å²) in [7, 11) is 0. The van der Waals surface area contributed by atoms with Gasteiger partial charge in [0.2, 0.25) is 17.7 Å². The van der Waals surface area contributed by atoms with E-state index in [0.717, 1.165) is 5.56 Å². The Morgan fingerprint density at radius 2 is 1.77 bits per heavy atom. The second-order valence-corrected chi connectivity index (χ2v) is 10.6. The van der Waals surface area contributed by atoms with Crippen molar-refractivity contribution in [2.24, 2.45) is 5.92 Å². The van der Waals surface area contributed by atoms with Gasteiger partial charge in [0.25, 0.3) is 5.91 Å². The van der Waals surface area contributed by atoms with Crippen molar-refractivity contribution in [3.63, 3.8) is 0 Å². The molecule has 0 aromatic heterocycles. The summed E-state index contributed by atoms with van der Waals surface area (Å²) in [5.74, 6) is -2.26. The molecule has 0 radical (unpaired) electrons. The molecule has 2 aromatic rings. The van der Waals surface area contributed by atoms with E-state index in [1.807, 2.05) is 27.7 Å². The Hall–Kier alpha value is -3.95. The largest absolute Gasteiger partial charge is 0.493 e. The summed E-state index contributed by atoms with van der Waals surface area (Å²) in [4.78, 5) is 52.3. The summed E-state index contributed by atoms with van der Waals surface area (Å²) in [5.41, 5.74) is 0.475. The second-order valence-electron chi connectivity index (χ2n) is 10.6. The van der Waals surface area contributed by atoms with Gasteiger partial charge in [-0.2, -0.15) is 0 Å². The van der Waals surface area contributed by atoms with Crippen molar-refractivity contribution in [2.45, 2.75) is 58.0 Å². The van der Waals surface area contributed by atoms with Gasteiger partial charge in [0.05, 0.1) is 18.6 Å². The predicted molar refractivity (Wildman–Crippen MR) is 145 cm³/mol. The summed E-state index contributed by atoms with van der Waals surface area (Å²) in [6, 6.07) is 10.6. The van der Waals surface area contributed by atoms with Crippen LogP contribution in [-0.4, -0.2) is 55.4 Å². The summed E-state index contributed by atoms with van der Waals surface area (Å²) in [5, 5.41) is 11.0. The molecule has 0 bridgehead atoms. The van der Waals surface area contributed by atoms with E-state index in [2.05, 4.69) is 21.3 Å². The first-order chi connectivity index (χ1) is 18.5. The smallest absolute Gasteiger partial charge is 0.255 e. The number of para-hydroxylation sites is 1. The molecule has 0 saturated carbocycles. The Bertz CT molecular complexity index is 1180. The lowest BCUT2D eigenvalue weighted by Gasteiger charge is -2.27. The number of carbonyl (C=O) groups is 4. The lowest BCUT2D eigenvalue weighted by atomic mass is 9.84. The van der Waals surface area contributed by atoms with Gasteiger partial charge >= 0.3 is 0 Å². The van der Waals surface area contributed by atoms with E-state index in [0.29, 0.717) is 18.7 Å². The first-order valence-electron chi connectivity index (χ1n) is 13.1. The number of fused-ring (bicyclic) bond motifs is 1. The third-order valence-electron chi connectivity index (χ3n) is 6.62. The highest BCUT2D eigenvalue weighted by Crippen LogP contribution is 2.23. The highest BCUT2D eigenvalue weighted by Gasteiger charge is 2.31. The van der Waals surface area contributed by atoms with E-state index < -0.39 is 35.2 Å². The van der Waals surface area contributed by atoms with Crippen molar-refractivity contribution >= 4 is 23.6 Å². The molecule has 1 aliphatic rings. The second kappa shape index (κ2) is 13.2. The van der Waals surface area contributed by atoms with Crippen LogP contribution in [-0.2, 0) is 19.8 Å². The average molecular weight is 541 g/mol. The molecule has 2 atom stereocenters. The van der Waals surface area contributed by atoms with Gasteiger partial charge in [0, 0.05) is 18.5 Å². The molecule has 39 heavy (non-hydrogen) atoms. The molecule has 210 valence electrons. The molecule has 10 heteroatoms. The van der Waals surface area contributed by atoms with Gasteiger partial charge in [-0.25, -0.2) is 4.39 Å². The standard InChI is InChI=1S/C29H37FN4O5/c1-18(2)25-28(38)31-14-7-15-39-23-9-6-5-8-21(23)26(36)33-22(16-24(35)34-25)27(37)32-17-29(3,4)19-10-12-20(30)13-11-19/h5-6,8-13,18,22,25H,7,14-17H2,1-4H3,(H,31,38)(H,32,37)(H,33,36)(H,34,35)/t22-,25-/m0/s1. The van der Waals surface area contributed by atoms with Gasteiger partial charge in [-0.3, -0.25) is 19.2 Å². The zero-order chi connectivity index (χ0) is 28.6. The van der Waals surface area contributed by atoms with Crippen molar-refractivity contribution in [3.05, 3.63) is 65.5 Å². The molecule has 2 aromatic carbocycles. The fourth-order valence-electron chi connectivity index (χ4n) is 4.19. The lowest BCUT2D eigenvalue weighted by Crippen LogP contribution is -2.54. The van der Waals surface area contributed by atoms with Gasteiger partial charge in [-0.15, -0.1) is 0 Å². The van der Waals surface area contributed by atoms with E-state index in [4.69, 9.17) is 4.74 Å². The molecular formula is C29H37FN4O5. The van der Waals surface area contributed by atoms with Crippen LogP contribution in [0.2, 0.25) is 0 Å². The van der Waals surface area contributed by atoms with Crippen LogP contribution >= 0.6 is 0 Å². The summed E-state index contributed by atoms with van der Waals surface area (Å²) < 4.78 is 19.2. The van der Waals surface area contributed by atoms with E-state index in [1.165, 1.54) is 12.1 Å². The van der Waals surface area contributed by atoms with E-state index in [1.54, 1.807) is 36.4 Å². The summed E-state index contributed by atoms with van der Waals surface area (Å²) >= 11 is 0. The fraction of sp³-hybridized carbons (Fsp3) is 0.448. The molecule has 0 saturated heterocycles. The van der Waals surface area contributed by atoms with E-state index in [9.17, 15) is 23.6 Å². The highest BCUT2D eigenvalue weighted by molar-refractivity contribution is 6.01. The normalized spacial score (nSPS) is 19.4. The van der Waals surface area contributed by atoms with Crippen molar-refractivity contribution in [1.82, 2.24) is 21.3 Å². The van der Waals surface area contributed by atoms with Crippen LogP contribution in [0.3, 0.4) is 0 Å². The molecule has 0 aliphatic carbocycles. The van der Waals surface area contributed by atoms with Crippen LogP contribution in [0.4, 0.5) is 4.39 Å². The molecule has 0 spiro atoms. The first kappa shape index (κ1) is 29.6. The number of halogens is 1. The number of amides is 4. The predicted octanol–water partition coefficient (Wildman–Crippen LogP) is 2.45. The van der Waals surface area contributed by atoms with E-state index >= 15 is 0 Å². The molecule has 3 rings (SSSR count). The Morgan fingerprint density at radius 1 is 1.08 bits per heavy atom.